The number of aryl methyl sites for hydroxylation is 2. The van der Waals surface area contributed by atoms with E-state index in [0.29, 0.717) is 19.0 Å². The Morgan fingerprint density at radius 2 is 1.62 bits per heavy atom. The minimum atomic E-state index is -0.108. The van der Waals surface area contributed by atoms with E-state index in [9.17, 15) is 9.59 Å². The fourth-order valence-corrected chi connectivity index (χ4v) is 4.91. The van der Waals surface area contributed by atoms with Gasteiger partial charge in [-0.25, -0.2) is 4.79 Å². The number of carbonyl (C=O) groups is 2. The first-order valence-corrected chi connectivity index (χ1v) is 12.0. The molecule has 0 aliphatic carbocycles. The van der Waals surface area contributed by atoms with Crippen molar-refractivity contribution in [2.24, 2.45) is 11.8 Å². The number of carbonyl (C=O) groups excluding carboxylic acids is 2. The molecule has 2 aromatic rings. The van der Waals surface area contributed by atoms with E-state index in [0.717, 1.165) is 50.9 Å². The summed E-state index contributed by atoms with van der Waals surface area (Å²) in [6.45, 7) is 5.06. The second-order valence-corrected chi connectivity index (χ2v) is 9.37. The number of likely N-dealkylation sites (tertiary alicyclic amines) is 2. The molecule has 5 nitrogen and oxygen atoms in total. The van der Waals surface area contributed by atoms with Gasteiger partial charge in [0.15, 0.2) is 0 Å². The molecule has 170 valence electrons. The maximum atomic E-state index is 13.2. The van der Waals surface area contributed by atoms with Crippen LogP contribution in [0, 0.1) is 18.8 Å². The zero-order chi connectivity index (χ0) is 22.3. The number of nitrogens with one attached hydrogen (secondary N) is 1. The van der Waals surface area contributed by atoms with E-state index >= 15 is 0 Å². The summed E-state index contributed by atoms with van der Waals surface area (Å²) >= 11 is 0. The first-order chi connectivity index (χ1) is 15.6. The van der Waals surface area contributed by atoms with Crippen LogP contribution in [0.1, 0.15) is 43.2 Å². The van der Waals surface area contributed by atoms with Gasteiger partial charge < -0.3 is 15.1 Å². The van der Waals surface area contributed by atoms with Crippen LogP contribution in [0.25, 0.3) is 0 Å². The lowest BCUT2D eigenvalue weighted by Crippen LogP contribution is -2.49. The fourth-order valence-electron chi connectivity index (χ4n) is 4.91. The number of amides is 3. The third-order valence-corrected chi connectivity index (χ3v) is 6.97. The van der Waals surface area contributed by atoms with Gasteiger partial charge in [0.2, 0.25) is 5.91 Å². The Labute approximate surface area is 191 Å². The number of benzene rings is 2. The van der Waals surface area contributed by atoms with E-state index in [1.165, 1.54) is 17.5 Å². The molecule has 0 aromatic heterocycles. The molecule has 0 spiro atoms. The van der Waals surface area contributed by atoms with Gasteiger partial charge >= 0.3 is 6.03 Å². The lowest BCUT2D eigenvalue weighted by atomic mass is 9.89. The van der Waals surface area contributed by atoms with Gasteiger partial charge in [0, 0.05) is 31.9 Å². The summed E-state index contributed by atoms with van der Waals surface area (Å²) in [5.41, 5.74) is 3.50. The second-order valence-electron chi connectivity index (χ2n) is 9.37. The zero-order valence-electron chi connectivity index (χ0n) is 19.1. The minimum absolute atomic E-state index is 0.0746. The molecule has 3 amide bonds. The Morgan fingerprint density at radius 1 is 0.906 bits per heavy atom. The average molecular weight is 434 g/mol. The third kappa shape index (κ3) is 5.90. The van der Waals surface area contributed by atoms with Gasteiger partial charge in [0.25, 0.3) is 0 Å². The molecule has 32 heavy (non-hydrogen) atoms. The lowest BCUT2D eigenvalue weighted by Gasteiger charge is -2.38. The number of rotatable bonds is 5. The predicted octanol–water partition coefficient (Wildman–Crippen LogP) is 5.11. The molecule has 2 aliphatic heterocycles. The lowest BCUT2D eigenvalue weighted by molar-refractivity contribution is -0.138. The highest BCUT2D eigenvalue weighted by molar-refractivity contribution is 5.90. The minimum Gasteiger partial charge on any atom is -0.342 e. The van der Waals surface area contributed by atoms with Crippen molar-refractivity contribution in [3.05, 3.63) is 65.7 Å². The van der Waals surface area contributed by atoms with Crippen LogP contribution in [0.4, 0.5) is 10.5 Å². The summed E-state index contributed by atoms with van der Waals surface area (Å²) in [7, 11) is 0. The SMILES string of the molecule is Cc1ccc(CCC2CCN(C(=O)[C@@H]3CCCN(C(=O)Nc4ccccc4)C3)CC2)cc1. The fraction of sp³-hybridized carbons (Fsp3) is 0.481. The van der Waals surface area contributed by atoms with E-state index in [1.54, 1.807) is 4.90 Å². The van der Waals surface area contributed by atoms with E-state index in [2.05, 4.69) is 36.5 Å². The summed E-state index contributed by atoms with van der Waals surface area (Å²) in [6, 6.07) is 18.2. The number of urea groups is 1. The Balaban J connectivity index is 1.22. The first kappa shape index (κ1) is 22.4. The number of hydrogen-bond acceptors (Lipinski definition) is 2. The van der Waals surface area contributed by atoms with Crippen LogP contribution in [0.15, 0.2) is 54.6 Å². The number of anilines is 1. The van der Waals surface area contributed by atoms with Crippen molar-refractivity contribution in [3.63, 3.8) is 0 Å². The number of nitrogens with zero attached hydrogens (tertiary/aromatic N) is 2. The van der Waals surface area contributed by atoms with Gasteiger partial charge in [0.1, 0.15) is 0 Å². The van der Waals surface area contributed by atoms with Gasteiger partial charge in [-0.1, -0.05) is 48.0 Å². The number of hydrogen-bond donors (Lipinski definition) is 1. The Hall–Kier alpha value is -2.82. The van der Waals surface area contributed by atoms with Crippen molar-refractivity contribution >= 4 is 17.6 Å². The van der Waals surface area contributed by atoms with Gasteiger partial charge in [-0.05, 0) is 69.1 Å². The Kier molecular flexibility index (Phi) is 7.46. The molecule has 0 radical (unpaired) electrons. The van der Waals surface area contributed by atoms with Crippen molar-refractivity contribution in [1.82, 2.24) is 9.80 Å². The van der Waals surface area contributed by atoms with Crippen molar-refractivity contribution < 1.29 is 9.59 Å². The molecule has 5 heteroatoms. The highest BCUT2D eigenvalue weighted by atomic mass is 16.2. The molecular formula is C27H35N3O2. The van der Waals surface area contributed by atoms with Crippen LogP contribution in [-0.4, -0.2) is 47.9 Å². The molecule has 2 heterocycles. The first-order valence-electron chi connectivity index (χ1n) is 12.0. The van der Waals surface area contributed by atoms with Gasteiger partial charge in [-0.15, -0.1) is 0 Å². The highest BCUT2D eigenvalue weighted by Crippen LogP contribution is 2.26. The topological polar surface area (TPSA) is 52.7 Å². The van der Waals surface area contributed by atoms with Crippen molar-refractivity contribution in [2.75, 3.05) is 31.5 Å². The number of para-hydroxylation sites is 1. The smallest absolute Gasteiger partial charge is 0.321 e. The molecule has 2 aromatic carbocycles. The summed E-state index contributed by atoms with van der Waals surface area (Å²) in [5.74, 6) is 0.855. The normalized spacial score (nSPS) is 19.6. The van der Waals surface area contributed by atoms with E-state index in [4.69, 9.17) is 0 Å². The van der Waals surface area contributed by atoms with Crippen LogP contribution in [0.2, 0.25) is 0 Å². The van der Waals surface area contributed by atoms with E-state index in [1.807, 2.05) is 35.2 Å². The van der Waals surface area contributed by atoms with Crippen LogP contribution < -0.4 is 5.32 Å². The molecule has 2 fully saturated rings. The van der Waals surface area contributed by atoms with Crippen LogP contribution in [-0.2, 0) is 11.2 Å². The van der Waals surface area contributed by atoms with Gasteiger partial charge in [-0.2, -0.15) is 0 Å². The molecule has 0 bridgehead atoms. The zero-order valence-corrected chi connectivity index (χ0v) is 19.1. The summed E-state index contributed by atoms with van der Waals surface area (Å²) in [5, 5.41) is 2.95. The summed E-state index contributed by atoms with van der Waals surface area (Å²) in [4.78, 5) is 29.7. The molecule has 2 aliphatic rings. The second kappa shape index (κ2) is 10.7. The molecule has 2 saturated heterocycles. The highest BCUT2D eigenvalue weighted by Gasteiger charge is 2.33. The molecular weight excluding hydrogens is 398 g/mol. The third-order valence-electron chi connectivity index (χ3n) is 6.97. The van der Waals surface area contributed by atoms with Crippen molar-refractivity contribution in [3.8, 4) is 0 Å². The maximum absolute atomic E-state index is 13.2. The standard InChI is InChI=1S/C27H35N3O2/c1-21-9-11-22(12-10-21)13-14-23-15-18-29(19-16-23)26(31)24-6-5-17-30(20-24)27(32)28-25-7-3-2-4-8-25/h2-4,7-12,23-24H,5-6,13-20H2,1H3,(H,28,32)/t24-/m1/s1. The maximum Gasteiger partial charge on any atom is 0.321 e. The molecule has 1 N–H and O–H groups in total. The average Bonchev–Trinajstić information content (AvgIpc) is 2.84. The number of piperidine rings is 2. The predicted molar refractivity (Wildman–Crippen MR) is 129 cm³/mol. The summed E-state index contributed by atoms with van der Waals surface area (Å²) < 4.78 is 0. The monoisotopic (exact) mass is 433 g/mol. The van der Waals surface area contributed by atoms with Crippen LogP contribution in [0.3, 0.4) is 0 Å². The molecule has 4 rings (SSSR count). The Morgan fingerprint density at radius 3 is 2.34 bits per heavy atom. The van der Waals surface area contributed by atoms with Gasteiger partial charge in [0.05, 0.1) is 5.92 Å². The Bertz CT molecular complexity index is 889. The van der Waals surface area contributed by atoms with Crippen molar-refractivity contribution in [1.29, 1.82) is 0 Å². The van der Waals surface area contributed by atoms with Gasteiger partial charge in [-0.3, -0.25) is 4.79 Å². The van der Waals surface area contributed by atoms with Crippen molar-refractivity contribution in [2.45, 2.75) is 45.4 Å². The van der Waals surface area contributed by atoms with E-state index in [-0.39, 0.29) is 17.9 Å². The quantitative estimate of drug-likeness (QED) is 0.712. The van der Waals surface area contributed by atoms with E-state index < -0.39 is 0 Å². The van der Waals surface area contributed by atoms with Crippen LogP contribution >= 0.6 is 0 Å². The van der Waals surface area contributed by atoms with Crippen LogP contribution in [0.5, 0.6) is 0 Å². The summed E-state index contributed by atoms with van der Waals surface area (Å²) in [6.07, 6.45) is 6.24. The largest absolute Gasteiger partial charge is 0.342 e. The molecule has 0 saturated carbocycles. The molecule has 1 atom stereocenters. The molecule has 0 unspecified atom stereocenters.